The van der Waals surface area contributed by atoms with E-state index in [-0.39, 0.29) is 10.7 Å². The zero-order valence-corrected chi connectivity index (χ0v) is 10.9. The Morgan fingerprint density at radius 3 is 2.83 bits per heavy atom. The van der Waals surface area contributed by atoms with Crippen LogP contribution in [0.4, 0.5) is 4.39 Å². The normalized spacial score (nSPS) is 18.6. The quantitative estimate of drug-likeness (QED) is 0.840. The maximum atomic E-state index is 13.8. The van der Waals surface area contributed by atoms with Crippen molar-refractivity contribution in [3.05, 3.63) is 23.3 Å². The number of halogens is 2. The number of nitrogens with zero attached hydrogens (tertiary/aromatic N) is 4. The number of fused-ring (bicyclic) bond motifs is 1. The molecule has 0 aromatic carbocycles. The van der Waals surface area contributed by atoms with Gasteiger partial charge in [-0.25, -0.2) is 14.5 Å². The van der Waals surface area contributed by atoms with E-state index < -0.39 is 5.95 Å². The van der Waals surface area contributed by atoms with Crippen molar-refractivity contribution in [2.45, 2.75) is 44.4 Å². The van der Waals surface area contributed by atoms with Gasteiger partial charge < -0.3 is 0 Å². The minimum absolute atomic E-state index is 0.0645. The van der Waals surface area contributed by atoms with Gasteiger partial charge in [0, 0.05) is 5.41 Å². The van der Waals surface area contributed by atoms with Crippen LogP contribution >= 0.6 is 11.6 Å². The van der Waals surface area contributed by atoms with E-state index in [9.17, 15) is 4.39 Å². The first-order valence-corrected chi connectivity index (χ1v) is 6.61. The van der Waals surface area contributed by atoms with Crippen molar-refractivity contribution < 1.29 is 4.39 Å². The number of hydrogen-bond acceptors (Lipinski definition) is 3. The summed E-state index contributed by atoms with van der Waals surface area (Å²) in [6.45, 7) is 2.12. The third kappa shape index (κ3) is 1.61. The molecule has 0 spiro atoms. The molecule has 0 atom stereocenters. The molecule has 4 nitrogen and oxygen atoms in total. The Hall–Kier alpha value is -1.23. The van der Waals surface area contributed by atoms with Gasteiger partial charge in [0.05, 0.1) is 6.20 Å². The monoisotopic (exact) mass is 268 g/mol. The first kappa shape index (κ1) is 11.8. The topological polar surface area (TPSA) is 43.1 Å². The Morgan fingerprint density at radius 1 is 1.44 bits per heavy atom. The molecular formula is C12H14ClFN4. The third-order valence-electron chi connectivity index (χ3n) is 4.03. The lowest BCUT2D eigenvalue weighted by Gasteiger charge is -2.25. The Labute approximate surface area is 109 Å². The third-order valence-corrected chi connectivity index (χ3v) is 4.21. The van der Waals surface area contributed by atoms with Gasteiger partial charge in [0.25, 0.3) is 0 Å². The van der Waals surface area contributed by atoms with Gasteiger partial charge in [-0.05, 0) is 30.9 Å². The van der Waals surface area contributed by atoms with Crippen molar-refractivity contribution in [1.29, 1.82) is 0 Å². The first-order chi connectivity index (χ1) is 8.66. The van der Waals surface area contributed by atoms with Gasteiger partial charge in [0.2, 0.25) is 11.2 Å². The van der Waals surface area contributed by atoms with Crippen LogP contribution in [0.5, 0.6) is 0 Å². The van der Waals surface area contributed by atoms with Crippen molar-refractivity contribution >= 4 is 17.1 Å². The second kappa shape index (κ2) is 4.16. The maximum absolute atomic E-state index is 13.8. The molecule has 0 bridgehead atoms. The zero-order valence-electron chi connectivity index (χ0n) is 10.2. The molecule has 1 saturated carbocycles. The number of hydrogen-bond donors (Lipinski definition) is 0. The van der Waals surface area contributed by atoms with Crippen molar-refractivity contribution in [1.82, 2.24) is 19.6 Å². The van der Waals surface area contributed by atoms with Crippen LogP contribution < -0.4 is 0 Å². The summed E-state index contributed by atoms with van der Waals surface area (Å²) in [5, 5.41) is 4.22. The summed E-state index contributed by atoms with van der Waals surface area (Å²) in [7, 11) is 0. The lowest BCUT2D eigenvalue weighted by atomic mass is 9.82. The van der Waals surface area contributed by atoms with E-state index in [0.717, 1.165) is 32.1 Å². The molecular weight excluding hydrogens is 255 g/mol. The zero-order chi connectivity index (χ0) is 12.8. The fourth-order valence-corrected chi connectivity index (χ4v) is 3.09. The summed E-state index contributed by atoms with van der Waals surface area (Å²) in [4.78, 5) is 7.90. The van der Waals surface area contributed by atoms with Gasteiger partial charge in [-0.2, -0.15) is 4.39 Å². The second-order valence-electron chi connectivity index (χ2n) is 4.89. The van der Waals surface area contributed by atoms with E-state index in [4.69, 9.17) is 11.6 Å². The largest absolute Gasteiger partial charge is 0.242 e. The second-order valence-corrected chi connectivity index (χ2v) is 5.23. The minimum Gasteiger partial charge on any atom is -0.223 e. The summed E-state index contributed by atoms with van der Waals surface area (Å²) >= 11 is 5.80. The first-order valence-electron chi connectivity index (χ1n) is 6.23. The van der Waals surface area contributed by atoms with E-state index in [1.807, 2.05) is 0 Å². The molecule has 2 aromatic rings. The highest BCUT2D eigenvalue weighted by Crippen LogP contribution is 2.43. The molecule has 2 heterocycles. The molecule has 0 amide bonds. The van der Waals surface area contributed by atoms with Gasteiger partial charge in [-0.15, -0.1) is 5.10 Å². The number of imidazole rings is 1. The highest BCUT2D eigenvalue weighted by Gasteiger charge is 2.38. The Bertz CT molecular complexity index is 589. The molecule has 1 fully saturated rings. The molecule has 0 aliphatic heterocycles. The summed E-state index contributed by atoms with van der Waals surface area (Å²) in [6.07, 6.45) is 6.70. The fourth-order valence-electron chi connectivity index (χ4n) is 2.96. The molecule has 96 valence electrons. The Kier molecular flexibility index (Phi) is 2.73. The van der Waals surface area contributed by atoms with Crippen LogP contribution in [0, 0.1) is 5.95 Å². The average molecular weight is 269 g/mol. The van der Waals surface area contributed by atoms with E-state index in [1.165, 1.54) is 10.7 Å². The van der Waals surface area contributed by atoms with Gasteiger partial charge in [0.15, 0.2) is 0 Å². The highest BCUT2D eigenvalue weighted by atomic mass is 35.5. The fraction of sp³-hybridized carbons (Fsp3) is 0.583. The SMILES string of the molecule is CCC1(c2nc(F)c3cnc(Cl)nn23)CCCC1. The standard InChI is InChI=1S/C12H14ClFN4/c1-2-12(5-3-4-6-12)10-16-9(14)8-7-15-11(13)17-18(8)10/h7H,2-6H2,1H3. The van der Waals surface area contributed by atoms with Crippen LogP contribution in [0.2, 0.25) is 5.28 Å². The van der Waals surface area contributed by atoms with Crippen molar-refractivity contribution in [2.75, 3.05) is 0 Å². The van der Waals surface area contributed by atoms with Crippen molar-refractivity contribution in [3.63, 3.8) is 0 Å². The summed E-state index contributed by atoms with van der Waals surface area (Å²) in [5.41, 5.74) is 0.236. The van der Waals surface area contributed by atoms with Gasteiger partial charge in [0.1, 0.15) is 11.3 Å². The van der Waals surface area contributed by atoms with Crippen LogP contribution in [0.3, 0.4) is 0 Å². The lowest BCUT2D eigenvalue weighted by molar-refractivity contribution is 0.387. The van der Waals surface area contributed by atoms with Crippen LogP contribution in [0.15, 0.2) is 6.20 Å². The summed E-state index contributed by atoms with van der Waals surface area (Å²) in [5.74, 6) is 0.181. The molecule has 2 aromatic heterocycles. The smallest absolute Gasteiger partial charge is 0.223 e. The predicted octanol–water partition coefficient (Wildman–Crippen LogP) is 3.14. The van der Waals surface area contributed by atoms with Gasteiger partial charge >= 0.3 is 0 Å². The molecule has 18 heavy (non-hydrogen) atoms. The van der Waals surface area contributed by atoms with E-state index in [1.54, 1.807) is 0 Å². The molecule has 1 aliphatic rings. The minimum atomic E-state index is -0.513. The molecule has 1 aliphatic carbocycles. The highest BCUT2D eigenvalue weighted by molar-refractivity contribution is 6.28. The van der Waals surface area contributed by atoms with E-state index >= 15 is 0 Å². The molecule has 3 rings (SSSR count). The van der Waals surface area contributed by atoms with Crippen LogP contribution in [0.1, 0.15) is 44.9 Å². The van der Waals surface area contributed by atoms with Gasteiger partial charge in [-0.1, -0.05) is 19.8 Å². The number of aromatic nitrogens is 4. The average Bonchev–Trinajstić information content (AvgIpc) is 2.95. The van der Waals surface area contributed by atoms with Crippen LogP contribution in [0.25, 0.3) is 5.52 Å². The molecule has 6 heteroatoms. The maximum Gasteiger partial charge on any atom is 0.242 e. The molecule has 0 unspecified atom stereocenters. The van der Waals surface area contributed by atoms with Crippen molar-refractivity contribution in [3.8, 4) is 0 Å². The Balaban J connectivity index is 2.25. The van der Waals surface area contributed by atoms with E-state index in [2.05, 4.69) is 22.0 Å². The van der Waals surface area contributed by atoms with Crippen molar-refractivity contribution in [2.24, 2.45) is 0 Å². The predicted molar refractivity (Wildman–Crippen MR) is 66.2 cm³/mol. The molecule has 0 N–H and O–H groups in total. The summed E-state index contributed by atoms with van der Waals surface area (Å²) < 4.78 is 15.4. The molecule has 0 radical (unpaired) electrons. The van der Waals surface area contributed by atoms with Gasteiger partial charge in [-0.3, -0.25) is 0 Å². The van der Waals surface area contributed by atoms with E-state index in [0.29, 0.717) is 11.3 Å². The van der Waals surface area contributed by atoms with Crippen LogP contribution in [-0.4, -0.2) is 19.6 Å². The van der Waals surface area contributed by atoms with Crippen LogP contribution in [-0.2, 0) is 5.41 Å². The Morgan fingerprint density at radius 2 is 2.17 bits per heavy atom. The molecule has 0 saturated heterocycles. The lowest BCUT2D eigenvalue weighted by Crippen LogP contribution is -2.25. The summed E-state index contributed by atoms with van der Waals surface area (Å²) in [6, 6.07) is 0. The number of rotatable bonds is 2.